The van der Waals surface area contributed by atoms with E-state index in [2.05, 4.69) is 0 Å². The fourth-order valence-corrected chi connectivity index (χ4v) is 3.59. The molecular formula is C23H23F3O4. The van der Waals surface area contributed by atoms with E-state index in [1.54, 1.807) is 12.1 Å². The normalized spacial score (nSPS) is 19.2. The molecule has 0 unspecified atom stereocenters. The lowest BCUT2D eigenvalue weighted by molar-refractivity contribution is -0.137. The predicted molar refractivity (Wildman–Crippen MR) is 104 cm³/mol. The van der Waals surface area contributed by atoms with Gasteiger partial charge in [-0.2, -0.15) is 13.2 Å². The Kier molecular flexibility index (Phi) is 6.48. The van der Waals surface area contributed by atoms with Crippen molar-refractivity contribution in [3.8, 4) is 0 Å². The van der Waals surface area contributed by atoms with Gasteiger partial charge < -0.3 is 9.47 Å². The SMILES string of the molecule is Cc1cc(C)cc(C(=O)OC2CCC(OC(=O)c3ccc(C(F)(F)F)cc3)CC2)c1. The van der Waals surface area contributed by atoms with Gasteiger partial charge in [0.25, 0.3) is 0 Å². The maximum Gasteiger partial charge on any atom is 0.416 e. The van der Waals surface area contributed by atoms with E-state index in [4.69, 9.17) is 9.47 Å². The number of hydrogen-bond acceptors (Lipinski definition) is 4. The van der Waals surface area contributed by atoms with Crippen LogP contribution in [0.3, 0.4) is 0 Å². The molecule has 0 spiro atoms. The van der Waals surface area contributed by atoms with E-state index in [0.717, 1.165) is 35.4 Å². The van der Waals surface area contributed by atoms with Crippen LogP contribution in [0.15, 0.2) is 42.5 Å². The van der Waals surface area contributed by atoms with Gasteiger partial charge in [0.1, 0.15) is 12.2 Å². The van der Waals surface area contributed by atoms with Gasteiger partial charge in [0.15, 0.2) is 0 Å². The van der Waals surface area contributed by atoms with Crippen molar-refractivity contribution in [3.05, 3.63) is 70.3 Å². The lowest BCUT2D eigenvalue weighted by atomic mass is 9.94. The number of halogens is 3. The molecule has 30 heavy (non-hydrogen) atoms. The Morgan fingerprint density at radius 2 is 1.20 bits per heavy atom. The first-order chi connectivity index (χ1) is 14.1. The highest BCUT2D eigenvalue weighted by molar-refractivity contribution is 5.90. The van der Waals surface area contributed by atoms with Crippen molar-refractivity contribution in [2.24, 2.45) is 0 Å². The van der Waals surface area contributed by atoms with E-state index in [1.807, 2.05) is 19.9 Å². The molecule has 1 saturated carbocycles. The van der Waals surface area contributed by atoms with Crippen LogP contribution in [0.5, 0.6) is 0 Å². The van der Waals surface area contributed by atoms with E-state index in [1.165, 1.54) is 0 Å². The number of ether oxygens (including phenoxy) is 2. The van der Waals surface area contributed by atoms with Crippen LogP contribution >= 0.6 is 0 Å². The molecule has 0 saturated heterocycles. The topological polar surface area (TPSA) is 52.6 Å². The summed E-state index contributed by atoms with van der Waals surface area (Å²) in [6.07, 6.45) is -2.89. The molecule has 0 radical (unpaired) electrons. The molecular weight excluding hydrogens is 397 g/mol. The first-order valence-electron chi connectivity index (χ1n) is 9.79. The van der Waals surface area contributed by atoms with Crippen LogP contribution in [0.2, 0.25) is 0 Å². The zero-order valence-corrected chi connectivity index (χ0v) is 16.8. The third-order valence-electron chi connectivity index (χ3n) is 5.07. The molecule has 1 fully saturated rings. The number of alkyl halides is 3. The minimum atomic E-state index is -4.45. The lowest BCUT2D eigenvalue weighted by Crippen LogP contribution is -2.29. The fraction of sp³-hybridized carbons (Fsp3) is 0.391. The lowest BCUT2D eigenvalue weighted by Gasteiger charge is -2.28. The largest absolute Gasteiger partial charge is 0.459 e. The van der Waals surface area contributed by atoms with E-state index < -0.39 is 17.7 Å². The second-order valence-electron chi connectivity index (χ2n) is 7.66. The molecule has 7 heteroatoms. The smallest absolute Gasteiger partial charge is 0.416 e. The quantitative estimate of drug-likeness (QED) is 0.600. The summed E-state index contributed by atoms with van der Waals surface area (Å²) < 4.78 is 48.8. The van der Waals surface area contributed by atoms with Gasteiger partial charge in [0, 0.05) is 0 Å². The Morgan fingerprint density at radius 1 is 0.767 bits per heavy atom. The van der Waals surface area contributed by atoms with Gasteiger partial charge in [-0.05, 0) is 75.9 Å². The van der Waals surface area contributed by atoms with Crippen LogP contribution in [0.25, 0.3) is 0 Å². The molecule has 0 N–H and O–H groups in total. The average molecular weight is 420 g/mol. The number of esters is 2. The van der Waals surface area contributed by atoms with Gasteiger partial charge in [-0.15, -0.1) is 0 Å². The number of rotatable bonds is 4. The van der Waals surface area contributed by atoms with Crippen LogP contribution in [-0.2, 0) is 15.7 Å². The third kappa shape index (κ3) is 5.62. The highest BCUT2D eigenvalue weighted by Gasteiger charge is 2.31. The number of carbonyl (C=O) groups excluding carboxylic acids is 2. The Bertz CT molecular complexity index is 891. The van der Waals surface area contributed by atoms with Gasteiger partial charge in [0.2, 0.25) is 0 Å². The summed E-state index contributed by atoms with van der Waals surface area (Å²) in [5, 5.41) is 0. The van der Waals surface area contributed by atoms with Gasteiger partial charge >= 0.3 is 18.1 Å². The van der Waals surface area contributed by atoms with Crippen molar-refractivity contribution < 1.29 is 32.2 Å². The average Bonchev–Trinajstić information content (AvgIpc) is 2.68. The van der Waals surface area contributed by atoms with Crippen LogP contribution in [0.1, 0.15) is 63.1 Å². The fourth-order valence-electron chi connectivity index (χ4n) is 3.59. The Hall–Kier alpha value is -2.83. The second-order valence-corrected chi connectivity index (χ2v) is 7.66. The van der Waals surface area contributed by atoms with Crippen molar-refractivity contribution in [2.45, 2.75) is 57.9 Å². The Morgan fingerprint density at radius 3 is 1.63 bits per heavy atom. The number of aryl methyl sites for hydroxylation is 2. The Balaban J connectivity index is 1.49. The summed E-state index contributed by atoms with van der Waals surface area (Å²) in [6, 6.07) is 9.50. The van der Waals surface area contributed by atoms with Crippen LogP contribution in [-0.4, -0.2) is 24.1 Å². The zero-order valence-electron chi connectivity index (χ0n) is 16.8. The maximum atomic E-state index is 12.6. The first-order valence-corrected chi connectivity index (χ1v) is 9.79. The van der Waals surface area contributed by atoms with Crippen molar-refractivity contribution in [3.63, 3.8) is 0 Å². The van der Waals surface area contributed by atoms with Crippen molar-refractivity contribution in [1.29, 1.82) is 0 Å². The molecule has 160 valence electrons. The molecule has 2 aromatic rings. The maximum absolute atomic E-state index is 12.6. The summed E-state index contributed by atoms with van der Waals surface area (Å²) in [4.78, 5) is 24.6. The molecule has 0 atom stereocenters. The van der Waals surface area contributed by atoms with E-state index in [9.17, 15) is 22.8 Å². The summed E-state index contributed by atoms with van der Waals surface area (Å²) >= 11 is 0. The first kappa shape index (κ1) is 21.9. The van der Waals surface area contributed by atoms with Gasteiger partial charge in [0.05, 0.1) is 16.7 Å². The number of carbonyl (C=O) groups is 2. The summed E-state index contributed by atoms with van der Waals surface area (Å²) in [7, 11) is 0. The Labute approximate surface area is 173 Å². The van der Waals surface area contributed by atoms with E-state index >= 15 is 0 Å². The van der Waals surface area contributed by atoms with E-state index in [0.29, 0.717) is 31.2 Å². The van der Waals surface area contributed by atoms with Gasteiger partial charge in [-0.1, -0.05) is 17.2 Å². The molecule has 0 heterocycles. The monoisotopic (exact) mass is 420 g/mol. The van der Waals surface area contributed by atoms with Gasteiger partial charge in [-0.25, -0.2) is 9.59 Å². The van der Waals surface area contributed by atoms with Crippen molar-refractivity contribution in [2.75, 3.05) is 0 Å². The number of benzene rings is 2. The zero-order chi connectivity index (χ0) is 21.9. The third-order valence-corrected chi connectivity index (χ3v) is 5.07. The minimum absolute atomic E-state index is 0.0753. The molecule has 1 aliphatic carbocycles. The molecule has 0 bridgehead atoms. The highest BCUT2D eigenvalue weighted by Crippen LogP contribution is 2.30. The molecule has 0 aliphatic heterocycles. The van der Waals surface area contributed by atoms with Crippen LogP contribution in [0, 0.1) is 13.8 Å². The molecule has 2 aromatic carbocycles. The molecule has 4 nitrogen and oxygen atoms in total. The van der Waals surface area contributed by atoms with Crippen molar-refractivity contribution >= 4 is 11.9 Å². The molecule has 1 aliphatic rings. The predicted octanol–water partition coefficient (Wildman–Crippen LogP) is 5.65. The van der Waals surface area contributed by atoms with Gasteiger partial charge in [-0.3, -0.25) is 0 Å². The van der Waals surface area contributed by atoms with Crippen LogP contribution < -0.4 is 0 Å². The second kappa shape index (κ2) is 8.90. The molecule has 0 amide bonds. The van der Waals surface area contributed by atoms with Crippen LogP contribution in [0.4, 0.5) is 13.2 Å². The standard InChI is InChI=1S/C23H23F3O4/c1-14-11-15(2)13-17(12-14)22(28)30-20-9-7-19(8-10-20)29-21(27)16-3-5-18(6-4-16)23(24,25)26/h3-6,11-13,19-20H,7-10H2,1-2H3. The molecule has 3 rings (SSSR count). The summed E-state index contributed by atoms with van der Waals surface area (Å²) in [6.45, 7) is 3.83. The summed E-state index contributed by atoms with van der Waals surface area (Å²) in [5.41, 5.74) is 1.75. The number of hydrogen-bond donors (Lipinski definition) is 0. The molecule has 0 aromatic heterocycles. The summed E-state index contributed by atoms with van der Waals surface area (Å²) in [5.74, 6) is -1.02. The van der Waals surface area contributed by atoms with Crippen molar-refractivity contribution in [1.82, 2.24) is 0 Å². The highest BCUT2D eigenvalue weighted by atomic mass is 19.4. The van der Waals surface area contributed by atoms with E-state index in [-0.39, 0.29) is 23.7 Å². The minimum Gasteiger partial charge on any atom is -0.459 e.